The number of anilines is 2. The molecule has 1 fully saturated rings. The van der Waals surface area contributed by atoms with Gasteiger partial charge in [0.15, 0.2) is 0 Å². The molecule has 0 radical (unpaired) electrons. The maximum atomic E-state index is 12.1. The summed E-state index contributed by atoms with van der Waals surface area (Å²) in [5.41, 5.74) is 8.35. The van der Waals surface area contributed by atoms with Gasteiger partial charge in [0.1, 0.15) is 18.2 Å². The van der Waals surface area contributed by atoms with Crippen LogP contribution in [0.3, 0.4) is 0 Å². The molecule has 4 rings (SSSR count). The highest BCUT2D eigenvalue weighted by Gasteiger charge is 2.40. The van der Waals surface area contributed by atoms with Gasteiger partial charge in [0.25, 0.3) is 0 Å². The molecule has 2 aromatic heterocycles. The molecule has 37 heavy (non-hydrogen) atoms. The Morgan fingerprint density at radius 1 is 1.19 bits per heavy atom. The number of amides is 1. The van der Waals surface area contributed by atoms with Crippen LogP contribution in [0.15, 0.2) is 48.9 Å². The largest absolute Gasteiger partial charge is 0.489 e. The highest BCUT2D eigenvalue weighted by Crippen LogP contribution is 2.29. The fourth-order valence-corrected chi connectivity index (χ4v) is 4.62. The molecule has 1 amide bonds. The number of nitrogens with one attached hydrogen (secondary N) is 2. The summed E-state index contributed by atoms with van der Waals surface area (Å²) < 4.78 is 5.87. The number of carbonyl (C=O) groups excluding carboxylic acids is 1. The molecule has 3 heterocycles. The Labute approximate surface area is 226 Å². The number of pyridine rings is 2. The first-order valence-electron chi connectivity index (χ1n) is 11.6. The third-order valence-electron chi connectivity index (χ3n) is 5.97. The third-order valence-corrected chi connectivity index (χ3v) is 6.62. The molecule has 1 aliphatic heterocycles. The SMILES string of the molecule is CN(C)CC(=O)NC1(C)CN(c2ccc(C(=N)c3cc(OCc4c(Cl)cncc4Cl)ccc3N)cn2)C1. The van der Waals surface area contributed by atoms with Gasteiger partial charge >= 0.3 is 0 Å². The summed E-state index contributed by atoms with van der Waals surface area (Å²) in [6.07, 6.45) is 4.67. The van der Waals surface area contributed by atoms with Gasteiger partial charge in [0.2, 0.25) is 5.91 Å². The standard InChI is InChI=1S/C26H29Cl2N7O2/c1-26(33-24(36)12-34(2)3)14-35(15-26)23-7-4-16(9-32-23)25(30)18-8-17(5-6-22(18)29)37-13-19-20(27)10-31-11-21(19)28/h4-11,30H,12-15,29H2,1-3H3,(H,33,36). The Morgan fingerprint density at radius 2 is 1.89 bits per heavy atom. The van der Waals surface area contributed by atoms with E-state index in [0.717, 1.165) is 5.82 Å². The minimum atomic E-state index is -0.292. The van der Waals surface area contributed by atoms with Crippen molar-refractivity contribution in [3.8, 4) is 5.75 Å². The number of benzene rings is 1. The number of nitrogens with zero attached hydrogens (tertiary/aromatic N) is 4. The van der Waals surface area contributed by atoms with E-state index in [1.165, 1.54) is 12.4 Å². The van der Waals surface area contributed by atoms with E-state index in [9.17, 15) is 4.79 Å². The molecule has 0 aliphatic carbocycles. The maximum Gasteiger partial charge on any atom is 0.234 e. The highest BCUT2D eigenvalue weighted by atomic mass is 35.5. The topological polar surface area (TPSA) is 120 Å². The summed E-state index contributed by atoms with van der Waals surface area (Å²) >= 11 is 12.4. The molecular weight excluding hydrogens is 513 g/mol. The molecule has 11 heteroatoms. The van der Waals surface area contributed by atoms with Crippen LogP contribution in [0, 0.1) is 5.41 Å². The molecule has 0 atom stereocenters. The first-order valence-corrected chi connectivity index (χ1v) is 12.4. The van der Waals surface area contributed by atoms with E-state index in [1.807, 2.05) is 38.1 Å². The van der Waals surface area contributed by atoms with Gasteiger partial charge < -0.3 is 25.6 Å². The van der Waals surface area contributed by atoms with E-state index in [1.54, 1.807) is 24.4 Å². The van der Waals surface area contributed by atoms with Gasteiger partial charge in [-0.3, -0.25) is 15.2 Å². The molecular formula is C26H29Cl2N7O2. The zero-order valence-corrected chi connectivity index (χ0v) is 22.4. The van der Waals surface area contributed by atoms with Gasteiger partial charge in [-0.15, -0.1) is 0 Å². The van der Waals surface area contributed by atoms with Crippen LogP contribution in [-0.2, 0) is 11.4 Å². The predicted molar refractivity (Wildman–Crippen MR) is 147 cm³/mol. The van der Waals surface area contributed by atoms with Crippen LogP contribution in [0.2, 0.25) is 10.0 Å². The number of likely N-dealkylation sites (N-methyl/N-ethyl adjacent to an activating group) is 1. The summed E-state index contributed by atoms with van der Waals surface area (Å²) in [5.74, 6) is 1.31. The number of carbonyl (C=O) groups is 1. The summed E-state index contributed by atoms with van der Waals surface area (Å²) in [6, 6.07) is 8.85. The Balaban J connectivity index is 1.40. The molecule has 194 valence electrons. The van der Waals surface area contributed by atoms with Gasteiger partial charge in [-0.1, -0.05) is 23.2 Å². The number of halogens is 2. The lowest BCUT2D eigenvalue weighted by atomic mass is 9.92. The van der Waals surface area contributed by atoms with Crippen molar-refractivity contribution in [1.29, 1.82) is 5.41 Å². The van der Waals surface area contributed by atoms with Crippen molar-refractivity contribution in [3.05, 3.63) is 75.7 Å². The summed E-state index contributed by atoms with van der Waals surface area (Å²) in [5, 5.41) is 12.6. The van der Waals surface area contributed by atoms with Crippen molar-refractivity contribution in [1.82, 2.24) is 20.2 Å². The van der Waals surface area contributed by atoms with Gasteiger partial charge in [0.05, 0.1) is 27.8 Å². The minimum absolute atomic E-state index is 0.000300. The quantitative estimate of drug-likeness (QED) is 0.279. The fraction of sp³-hybridized carbons (Fsp3) is 0.308. The van der Waals surface area contributed by atoms with Gasteiger partial charge in [-0.05, 0) is 51.4 Å². The molecule has 0 spiro atoms. The van der Waals surface area contributed by atoms with Crippen LogP contribution in [0.5, 0.6) is 5.75 Å². The lowest BCUT2D eigenvalue weighted by Crippen LogP contribution is -2.69. The van der Waals surface area contributed by atoms with E-state index >= 15 is 0 Å². The molecule has 4 N–H and O–H groups in total. The molecule has 3 aromatic rings. The number of ether oxygens (including phenoxy) is 1. The Hall–Kier alpha value is -3.40. The van der Waals surface area contributed by atoms with Gasteiger partial charge in [-0.2, -0.15) is 0 Å². The number of nitrogen functional groups attached to an aromatic ring is 1. The third kappa shape index (κ3) is 6.30. The lowest BCUT2D eigenvalue weighted by Gasteiger charge is -2.49. The summed E-state index contributed by atoms with van der Waals surface area (Å²) in [7, 11) is 3.73. The second kappa shape index (κ2) is 10.9. The molecule has 0 saturated carbocycles. The van der Waals surface area contributed by atoms with Gasteiger partial charge in [-0.25, -0.2) is 4.98 Å². The van der Waals surface area contributed by atoms with Crippen LogP contribution in [0.4, 0.5) is 11.5 Å². The average molecular weight is 542 g/mol. The second-order valence-electron chi connectivity index (χ2n) is 9.60. The first kappa shape index (κ1) is 26.7. The second-order valence-corrected chi connectivity index (χ2v) is 10.4. The fourth-order valence-electron chi connectivity index (χ4n) is 4.15. The predicted octanol–water partition coefficient (Wildman–Crippen LogP) is 3.62. The number of hydrogen-bond acceptors (Lipinski definition) is 8. The van der Waals surface area contributed by atoms with Crippen molar-refractivity contribution in [2.24, 2.45) is 0 Å². The Morgan fingerprint density at radius 3 is 2.51 bits per heavy atom. The van der Waals surface area contributed by atoms with Crippen molar-refractivity contribution >= 4 is 46.3 Å². The highest BCUT2D eigenvalue weighted by molar-refractivity contribution is 6.35. The van der Waals surface area contributed by atoms with Gasteiger partial charge in [0, 0.05) is 54.1 Å². The van der Waals surface area contributed by atoms with E-state index in [2.05, 4.69) is 20.2 Å². The maximum absolute atomic E-state index is 12.1. The van der Waals surface area contributed by atoms with Crippen molar-refractivity contribution in [3.63, 3.8) is 0 Å². The van der Waals surface area contributed by atoms with Crippen molar-refractivity contribution in [2.75, 3.05) is 44.4 Å². The van der Waals surface area contributed by atoms with E-state index in [4.69, 9.17) is 39.1 Å². The monoisotopic (exact) mass is 541 g/mol. The average Bonchev–Trinajstić information content (AvgIpc) is 2.82. The molecule has 9 nitrogen and oxygen atoms in total. The Bertz CT molecular complexity index is 1290. The van der Waals surface area contributed by atoms with Crippen LogP contribution < -0.4 is 20.7 Å². The molecule has 1 saturated heterocycles. The van der Waals surface area contributed by atoms with E-state index in [0.29, 0.717) is 57.8 Å². The minimum Gasteiger partial charge on any atom is -0.489 e. The Kier molecular flexibility index (Phi) is 7.87. The summed E-state index contributed by atoms with van der Waals surface area (Å²) in [6.45, 7) is 3.85. The zero-order chi connectivity index (χ0) is 26.7. The first-order chi connectivity index (χ1) is 17.5. The smallest absolute Gasteiger partial charge is 0.234 e. The molecule has 1 aliphatic rings. The van der Waals surface area contributed by atoms with Crippen molar-refractivity contribution in [2.45, 2.75) is 19.1 Å². The number of nitrogens with two attached hydrogens (primary N) is 1. The van der Waals surface area contributed by atoms with Crippen LogP contribution in [0.1, 0.15) is 23.6 Å². The molecule has 0 bridgehead atoms. The zero-order valence-electron chi connectivity index (χ0n) is 20.9. The van der Waals surface area contributed by atoms with E-state index in [-0.39, 0.29) is 23.8 Å². The number of rotatable bonds is 9. The van der Waals surface area contributed by atoms with Crippen LogP contribution in [0.25, 0.3) is 0 Å². The normalized spacial score (nSPS) is 14.3. The van der Waals surface area contributed by atoms with Crippen LogP contribution in [-0.4, -0.2) is 65.8 Å². The lowest BCUT2D eigenvalue weighted by molar-refractivity contribution is -0.123. The molecule has 1 aromatic carbocycles. The van der Waals surface area contributed by atoms with Crippen LogP contribution >= 0.6 is 23.2 Å². The number of aromatic nitrogens is 2. The van der Waals surface area contributed by atoms with Crippen molar-refractivity contribution < 1.29 is 9.53 Å². The summed E-state index contributed by atoms with van der Waals surface area (Å²) in [4.78, 5) is 24.5. The molecule has 0 unspecified atom stereocenters. The van der Waals surface area contributed by atoms with E-state index < -0.39 is 0 Å². The number of hydrogen-bond donors (Lipinski definition) is 3.